The van der Waals surface area contributed by atoms with E-state index in [1.807, 2.05) is 0 Å². The SMILES string of the molecule is COc1cccc(/C=C2\SC(=O)N(Cc3ccc(F)cc3)C2=O)c1OS(=O)(=O)c1ccc(NC(C)=O)cc1. The van der Waals surface area contributed by atoms with Crippen molar-refractivity contribution in [3.05, 3.63) is 88.6 Å². The summed E-state index contributed by atoms with van der Waals surface area (Å²) in [5.74, 6) is -1.42. The summed E-state index contributed by atoms with van der Waals surface area (Å²) in [6.07, 6.45) is 1.35. The predicted octanol–water partition coefficient (Wildman–Crippen LogP) is 4.80. The molecule has 4 rings (SSSR count). The Labute approximate surface area is 222 Å². The van der Waals surface area contributed by atoms with Crippen molar-refractivity contribution >= 4 is 50.7 Å². The van der Waals surface area contributed by atoms with Gasteiger partial charge in [-0.05, 0) is 65.9 Å². The summed E-state index contributed by atoms with van der Waals surface area (Å²) < 4.78 is 50.0. The molecule has 3 aromatic rings. The molecule has 1 saturated heterocycles. The van der Waals surface area contributed by atoms with Crippen LogP contribution in [-0.4, -0.2) is 37.5 Å². The van der Waals surface area contributed by atoms with Crippen LogP contribution in [-0.2, 0) is 26.3 Å². The number of halogens is 1. The molecule has 3 aromatic carbocycles. The van der Waals surface area contributed by atoms with Gasteiger partial charge >= 0.3 is 10.1 Å². The van der Waals surface area contributed by atoms with Crippen LogP contribution in [0.1, 0.15) is 18.1 Å². The average Bonchev–Trinajstić information content (AvgIpc) is 3.13. The van der Waals surface area contributed by atoms with Gasteiger partial charge in [-0.15, -0.1) is 0 Å². The topological polar surface area (TPSA) is 119 Å². The number of imide groups is 1. The van der Waals surface area contributed by atoms with Gasteiger partial charge in [-0.2, -0.15) is 8.42 Å². The number of nitrogens with zero attached hydrogens (tertiary/aromatic N) is 1. The van der Waals surface area contributed by atoms with Gasteiger partial charge in [-0.3, -0.25) is 19.3 Å². The van der Waals surface area contributed by atoms with Gasteiger partial charge < -0.3 is 14.2 Å². The second-order valence-electron chi connectivity index (χ2n) is 8.02. The Morgan fingerprint density at radius 1 is 1.05 bits per heavy atom. The first-order valence-corrected chi connectivity index (χ1v) is 13.3. The minimum atomic E-state index is -4.35. The maximum Gasteiger partial charge on any atom is 0.339 e. The van der Waals surface area contributed by atoms with Crippen molar-refractivity contribution in [1.29, 1.82) is 0 Å². The lowest BCUT2D eigenvalue weighted by atomic mass is 10.1. The Morgan fingerprint density at radius 2 is 1.74 bits per heavy atom. The van der Waals surface area contributed by atoms with Gasteiger partial charge in [0.2, 0.25) is 5.91 Å². The van der Waals surface area contributed by atoms with E-state index in [2.05, 4.69) is 5.32 Å². The Bertz CT molecular complexity index is 1540. The molecular weight excluding hydrogens is 535 g/mol. The van der Waals surface area contributed by atoms with Crippen LogP contribution in [0.25, 0.3) is 6.08 Å². The standard InChI is InChI=1S/C26H21FN2O7S2/c1-16(30)28-20-10-12-21(13-11-20)38(33,34)36-24-18(4-3-5-22(24)35-2)14-23-25(31)29(26(32)37-23)15-17-6-8-19(27)9-7-17/h3-14H,15H2,1-2H3,(H,28,30)/b23-14-. The fourth-order valence-corrected chi connectivity index (χ4v) is 5.30. The highest BCUT2D eigenvalue weighted by atomic mass is 32.2. The molecule has 0 atom stereocenters. The van der Waals surface area contributed by atoms with E-state index in [4.69, 9.17) is 8.92 Å². The first kappa shape index (κ1) is 26.9. The summed E-state index contributed by atoms with van der Waals surface area (Å²) in [5.41, 5.74) is 1.16. The largest absolute Gasteiger partial charge is 0.493 e. The molecule has 0 saturated carbocycles. The lowest BCUT2D eigenvalue weighted by Crippen LogP contribution is -2.27. The minimum Gasteiger partial charge on any atom is -0.493 e. The van der Waals surface area contributed by atoms with Crippen LogP contribution in [0.15, 0.2) is 76.5 Å². The molecule has 0 spiro atoms. The summed E-state index contributed by atoms with van der Waals surface area (Å²) in [6.45, 7) is 1.28. The van der Waals surface area contributed by atoms with Crippen LogP contribution in [0.5, 0.6) is 11.5 Å². The first-order chi connectivity index (χ1) is 18.1. The summed E-state index contributed by atoms with van der Waals surface area (Å²) in [6, 6.07) is 15.4. The third kappa shape index (κ3) is 6.03. The number of hydrogen-bond acceptors (Lipinski definition) is 8. The van der Waals surface area contributed by atoms with Crippen molar-refractivity contribution in [1.82, 2.24) is 4.90 Å². The van der Waals surface area contributed by atoms with Crippen LogP contribution in [0.3, 0.4) is 0 Å². The van der Waals surface area contributed by atoms with Gasteiger partial charge in [-0.1, -0.05) is 24.3 Å². The normalized spacial score (nSPS) is 14.6. The van der Waals surface area contributed by atoms with Crippen molar-refractivity contribution < 1.29 is 36.1 Å². The lowest BCUT2D eigenvalue weighted by molar-refractivity contribution is -0.123. The molecule has 196 valence electrons. The Balaban J connectivity index is 1.62. The highest BCUT2D eigenvalue weighted by molar-refractivity contribution is 8.18. The van der Waals surface area contributed by atoms with Gasteiger partial charge in [0.05, 0.1) is 18.6 Å². The number of benzene rings is 3. The van der Waals surface area contributed by atoms with Gasteiger partial charge in [0.25, 0.3) is 11.1 Å². The smallest absolute Gasteiger partial charge is 0.339 e. The van der Waals surface area contributed by atoms with Crippen molar-refractivity contribution in [2.24, 2.45) is 0 Å². The molecule has 1 fully saturated rings. The molecule has 12 heteroatoms. The van der Waals surface area contributed by atoms with E-state index in [9.17, 15) is 27.2 Å². The quantitative estimate of drug-likeness (QED) is 0.311. The summed E-state index contributed by atoms with van der Waals surface area (Å²) >= 11 is 0.686. The number of para-hydroxylation sites is 1. The molecule has 1 heterocycles. The number of nitrogens with one attached hydrogen (secondary N) is 1. The fourth-order valence-electron chi connectivity index (χ4n) is 3.51. The molecule has 0 aromatic heterocycles. The molecule has 9 nitrogen and oxygen atoms in total. The number of rotatable bonds is 8. The molecule has 0 unspecified atom stereocenters. The number of carbonyl (C=O) groups excluding carboxylic acids is 3. The molecule has 1 aliphatic rings. The van der Waals surface area contributed by atoms with Crippen molar-refractivity contribution in [2.45, 2.75) is 18.4 Å². The third-order valence-corrected chi connectivity index (χ3v) is 7.44. The summed E-state index contributed by atoms with van der Waals surface area (Å²) in [5, 5.41) is 2.02. The first-order valence-electron chi connectivity index (χ1n) is 11.1. The van der Waals surface area contributed by atoms with E-state index in [0.29, 0.717) is 23.0 Å². The Morgan fingerprint density at radius 3 is 2.37 bits per heavy atom. The van der Waals surface area contributed by atoms with Gasteiger partial charge in [0.15, 0.2) is 11.5 Å². The van der Waals surface area contributed by atoms with E-state index in [0.717, 1.165) is 4.90 Å². The number of amides is 3. The second kappa shape index (κ2) is 11.1. The Kier molecular flexibility index (Phi) is 7.83. The number of methoxy groups -OCH3 is 1. The van der Waals surface area contributed by atoms with E-state index >= 15 is 0 Å². The summed E-state index contributed by atoms with van der Waals surface area (Å²) in [4.78, 5) is 37.6. The van der Waals surface area contributed by atoms with Crippen molar-refractivity contribution in [3.8, 4) is 11.5 Å². The van der Waals surface area contributed by atoms with Crippen molar-refractivity contribution in [2.75, 3.05) is 12.4 Å². The highest BCUT2D eigenvalue weighted by Gasteiger charge is 2.35. The fraction of sp³-hybridized carbons (Fsp3) is 0.115. The third-order valence-electron chi connectivity index (χ3n) is 5.30. The number of thioether (sulfide) groups is 1. The molecule has 3 amide bonds. The molecule has 0 bridgehead atoms. The van der Waals surface area contributed by atoms with E-state index in [1.165, 1.54) is 80.8 Å². The zero-order valence-electron chi connectivity index (χ0n) is 20.1. The van der Waals surface area contributed by atoms with Crippen LogP contribution in [0.4, 0.5) is 14.9 Å². The summed E-state index contributed by atoms with van der Waals surface area (Å²) in [7, 11) is -3.02. The number of carbonyl (C=O) groups is 3. The van der Waals surface area contributed by atoms with Crippen LogP contribution in [0, 0.1) is 5.82 Å². The Hall–Kier alpha value is -4.16. The highest BCUT2D eigenvalue weighted by Crippen LogP contribution is 2.39. The lowest BCUT2D eigenvalue weighted by Gasteiger charge is -2.14. The maximum atomic E-state index is 13.2. The van der Waals surface area contributed by atoms with Gasteiger partial charge in [0.1, 0.15) is 10.7 Å². The number of ether oxygens (including phenoxy) is 1. The van der Waals surface area contributed by atoms with E-state index < -0.39 is 27.1 Å². The molecule has 38 heavy (non-hydrogen) atoms. The zero-order chi connectivity index (χ0) is 27.4. The average molecular weight is 557 g/mol. The minimum absolute atomic E-state index is 0.0484. The molecule has 1 N–H and O–H groups in total. The number of hydrogen-bond donors (Lipinski definition) is 1. The van der Waals surface area contributed by atoms with Gasteiger partial charge in [-0.25, -0.2) is 4.39 Å². The monoisotopic (exact) mass is 556 g/mol. The number of anilines is 1. The van der Waals surface area contributed by atoms with E-state index in [1.54, 1.807) is 6.07 Å². The van der Waals surface area contributed by atoms with Gasteiger partial charge in [0, 0.05) is 18.2 Å². The zero-order valence-corrected chi connectivity index (χ0v) is 21.8. The van der Waals surface area contributed by atoms with Crippen LogP contribution >= 0.6 is 11.8 Å². The second-order valence-corrected chi connectivity index (χ2v) is 10.6. The molecular formula is C26H21FN2O7S2. The molecule has 0 radical (unpaired) electrons. The molecule has 1 aliphatic heterocycles. The molecule has 0 aliphatic carbocycles. The van der Waals surface area contributed by atoms with Crippen LogP contribution in [0.2, 0.25) is 0 Å². The maximum absolute atomic E-state index is 13.2. The van der Waals surface area contributed by atoms with Crippen LogP contribution < -0.4 is 14.2 Å². The predicted molar refractivity (Wildman–Crippen MR) is 139 cm³/mol. The van der Waals surface area contributed by atoms with E-state index in [-0.39, 0.29) is 39.3 Å². The van der Waals surface area contributed by atoms with Crippen molar-refractivity contribution in [3.63, 3.8) is 0 Å².